The molecule has 2 heteroatoms. The predicted octanol–water partition coefficient (Wildman–Crippen LogP) is 2.15. The molecule has 14 heavy (non-hydrogen) atoms. The fourth-order valence-corrected chi connectivity index (χ4v) is 3.47. The molecule has 0 aromatic rings. The summed E-state index contributed by atoms with van der Waals surface area (Å²) in [5, 5.41) is 9.29. The number of Topliss-reactive ketones (excluding diaryl/α,β-unsaturated/α-hetero) is 1. The summed E-state index contributed by atoms with van der Waals surface area (Å²) in [4.78, 5) is 11.7. The molecule has 0 amide bonds. The average molecular weight is 196 g/mol. The molecule has 2 saturated carbocycles. The van der Waals surface area contributed by atoms with Gasteiger partial charge in [0.25, 0.3) is 0 Å². The van der Waals surface area contributed by atoms with Gasteiger partial charge in [-0.15, -0.1) is 0 Å². The van der Waals surface area contributed by atoms with Crippen LogP contribution in [0.2, 0.25) is 0 Å². The highest BCUT2D eigenvalue weighted by Gasteiger charge is 2.46. The Labute approximate surface area is 85.7 Å². The lowest BCUT2D eigenvalue weighted by molar-refractivity contribution is -0.135. The minimum absolute atomic E-state index is 0.0472. The molecule has 3 atom stereocenters. The zero-order chi connectivity index (χ0) is 10.2. The SMILES string of the molecule is C[C@@]12CCCC[C@H]1[C@H](CO)C(=O)CC2. The zero-order valence-electron chi connectivity index (χ0n) is 8.96. The predicted molar refractivity (Wildman–Crippen MR) is 54.9 cm³/mol. The van der Waals surface area contributed by atoms with E-state index in [0.29, 0.717) is 23.5 Å². The van der Waals surface area contributed by atoms with E-state index < -0.39 is 0 Å². The Bertz CT molecular complexity index is 236. The maximum Gasteiger partial charge on any atom is 0.138 e. The van der Waals surface area contributed by atoms with Gasteiger partial charge in [0.2, 0.25) is 0 Å². The quantitative estimate of drug-likeness (QED) is 0.697. The maximum atomic E-state index is 11.7. The highest BCUT2D eigenvalue weighted by molar-refractivity contribution is 5.82. The van der Waals surface area contributed by atoms with Gasteiger partial charge in [-0.25, -0.2) is 0 Å². The van der Waals surface area contributed by atoms with Gasteiger partial charge >= 0.3 is 0 Å². The van der Waals surface area contributed by atoms with Crippen molar-refractivity contribution < 1.29 is 9.90 Å². The van der Waals surface area contributed by atoms with Gasteiger partial charge in [0, 0.05) is 12.3 Å². The van der Waals surface area contributed by atoms with Crippen LogP contribution >= 0.6 is 0 Å². The molecule has 2 aliphatic rings. The highest BCUT2D eigenvalue weighted by Crippen LogP contribution is 2.51. The van der Waals surface area contributed by atoms with Crippen LogP contribution in [0.4, 0.5) is 0 Å². The number of aliphatic hydroxyl groups is 1. The summed E-state index contributed by atoms with van der Waals surface area (Å²) in [6.45, 7) is 2.38. The minimum Gasteiger partial charge on any atom is -0.396 e. The van der Waals surface area contributed by atoms with Crippen LogP contribution in [0.3, 0.4) is 0 Å². The molecule has 0 radical (unpaired) electrons. The first-order valence-corrected chi connectivity index (χ1v) is 5.81. The molecule has 0 bridgehead atoms. The Morgan fingerprint density at radius 2 is 2.21 bits per heavy atom. The van der Waals surface area contributed by atoms with Gasteiger partial charge in [-0.1, -0.05) is 19.8 Å². The third kappa shape index (κ3) is 1.50. The number of carbonyl (C=O) groups is 1. The summed E-state index contributed by atoms with van der Waals surface area (Å²) in [6.07, 6.45) is 6.68. The van der Waals surface area contributed by atoms with Crippen molar-refractivity contribution in [2.24, 2.45) is 17.3 Å². The number of rotatable bonds is 1. The van der Waals surface area contributed by atoms with Crippen LogP contribution in [0.1, 0.15) is 45.4 Å². The van der Waals surface area contributed by atoms with E-state index in [4.69, 9.17) is 0 Å². The molecule has 80 valence electrons. The van der Waals surface area contributed by atoms with E-state index in [1.807, 2.05) is 0 Å². The molecule has 1 N–H and O–H groups in total. The Hall–Kier alpha value is -0.370. The molecule has 2 aliphatic carbocycles. The van der Waals surface area contributed by atoms with E-state index in [1.165, 1.54) is 19.3 Å². The Morgan fingerprint density at radius 1 is 1.43 bits per heavy atom. The summed E-state index contributed by atoms with van der Waals surface area (Å²) < 4.78 is 0. The average Bonchev–Trinajstić information content (AvgIpc) is 2.19. The van der Waals surface area contributed by atoms with Crippen molar-refractivity contribution in [1.29, 1.82) is 0 Å². The summed E-state index contributed by atoms with van der Waals surface area (Å²) in [5.74, 6) is 0.716. The van der Waals surface area contributed by atoms with Crippen molar-refractivity contribution >= 4 is 5.78 Å². The molecule has 0 aromatic heterocycles. The minimum atomic E-state index is -0.0472. The maximum absolute atomic E-state index is 11.7. The second-order valence-electron chi connectivity index (χ2n) is 5.26. The number of hydrogen-bond acceptors (Lipinski definition) is 2. The molecule has 0 unspecified atom stereocenters. The monoisotopic (exact) mass is 196 g/mol. The van der Waals surface area contributed by atoms with E-state index in [9.17, 15) is 9.90 Å². The largest absolute Gasteiger partial charge is 0.396 e. The van der Waals surface area contributed by atoms with Gasteiger partial charge in [0.1, 0.15) is 5.78 Å². The molecular formula is C12H20O2. The molecule has 2 nitrogen and oxygen atoms in total. The first kappa shape index (κ1) is 10.2. The van der Waals surface area contributed by atoms with Crippen LogP contribution in [-0.4, -0.2) is 17.5 Å². The number of fused-ring (bicyclic) bond motifs is 1. The van der Waals surface area contributed by atoms with E-state index in [-0.39, 0.29) is 12.5 Å². The van der Waals surface area contributed by atoms with E-state index in [0.717, 1.165) is 12.8 Å². The third-order valence-corrected chi connectivity index (χ3v) is 4.45. The van der Waals surface area contributed by atoms with E-state index in [1.54, 1.807) is 0 Å². The molecule has 2 fully saturated rings. The van der Waals surface area contributed by atoms with Crippen LogP contribution in [0.5, 0.6) is 0 Å². The van der Waals surface area contributed by atoms with Crippen molar-refractivity contribution in [3.05, 3.63) is 0 Å². The highest BCUT2D eigenvalue weighted by atomic mass is 16.3. The standard InChI is InChI=1S/C12H20O2/c1-12-6-3-2-4-10(12)9(8-13)11(14)5-7-12/h9-10,13H,2-8H2,1H3/t9-,10-,12-/m0/s1. The topological polar surface area (TPSA) is 37.3 Å². The number of aliphatic hydroxyl groups excluding tert-OH is 1. The summed E-state index contributed by atoms with van der Waals surface area (Å²) in [7, 11) is 0. The van der Waals surface area contributed by atoms with Crippen LogP contribution in [0, 0.1) is 17.3 Å². The van der Waals surface area contributed by atoms with Crippen LogP contribution < -0.4 is 0 Å². The van der Waals surface area contributed by atoms with Crippen molar-refractivity contribution in [2.45, 2.75) is 45.4 Å². The lowest BCUT2D eigenvalue weighted by Gasteiger charge is -2.48. The first-order chi connectivity index (χ1) is 6.67. The third-order valence-electron chi connectivity index (χ3n) is 4.45. The van der Waals surface area contributed by atoms with E-state index >= 15 is 0 Å². The first-order valence-electron chi connectivity index (χ1n) is 5.81. The van der Waals surface area contributed by atoms with Gasteiger partial charge in [-0.05, 0) is 30.6 Å². The van der Waals surface area contributed by atoms with Gasteiger partial charge in [-0.2, -0.15) is 0 Å². The second kappa shape index (κ2) is 3.65. The summed E-state index contributed by atoms with van der Waals surface area (Å²) >= 11 is 0. The fourth-order valence-electron chi connectivity index (χ4n) is 3.47. The Morgan fingerprint density at radius 3 is 2.93 bits per heavy atom. The zero-order valence-corrected chi connectivity index (χ0v) is 8.96. The van der Waals surface area contributed by atoms with Gasteiger partial charge in [-0.3, -0.25) is 4.79 Å². The molecule has 0 heterocycles. The molecule has 0 spiro atoms. The Kier molecular flexibility index (Phi) is 2.65. The van der Waals surface area contributed by atoms with Crippen molar-refractivity contribution in [2.75, 3.05) is 6.61 Å². The summed E-state index contributed by atoms with van der Waals surface area (Å²) in [5.41, 5.74) is 0.347. The van der Waals surface area contributed by atoms with Crippen LogP contribution in [0.15, 0.2) is 0 Å². The summed E-state index contributed by atoms with van der Waals surface area (Å²) in [6, 6.07) is 0. The fraction of sp³-hybridized carbons (Fsp3) is 0.917. The van der Waals surface area contributed by atoms with Gasteiger partial charge < -0.3 is 5.11 Å². The van der Waals surface area contributed by atoms with Crippen molar-refractivity contribution in [3.63, 3.8) is 0 Å². The lowest BCUT2D eigenvalue weighted by atomic mass is 9.56. The second-order valence-corrected chi connectivity index (χ2v) is 5.26. The van der Waals surface area contributed by atoms with Crippen molar-refractivity contribution in [3.8, 4) is 0 Å². The molecule has 2 rings (SSSR count). The van der Waals surface area contributed by atoms with Gasteiger partial charge in [0.05, 0.1) is 6.61 Å². The van der Waals surface area contributed by atoms with Gasteiger partial charge in [0.15, 0.2) is 0 Å². The lowest BCUT2D eigenvalue weighted by Crippen LogP contribution is -2.45. The smallest absolute Gasteiger partial charge is 0.138 e. The van der Waals surface area contributed by atoms with Crippen LogP contribution in [0.25, 0.3) is 0 Å². The Balaban J connectivity index is 2.20. The van der Waals surface area contributed by atoms with Crippen molar-refractivity contribution in [1.82, 2.24) is 0 Å². The number of hydrogen-bond donors (Lipinski definition) is 1. The molecular weight excluding hydrogens is 176 g/mol. The normalized spacial score (nSPS) is 43.4. The molecule has 0 aromatic carbocycles. The van der Waals surface area contributed by atoms with E-state index in [2.05, 4.69) is 6.92 Å². The van der Waals surface area contributed by atoms with Crippen LogP contribution in [-0.2, 0) is 4.79 Å². The molecule has 0 saturated heterocycles. The number of carbonyl (C=O) groups excluding carboxylic acids is 1. The number of ketones is 1. The molecule has 0 aliphatic heterocycles.